The fourth-order valence-electron chi connectivity index (χ4n) is 2.28. The van der Waals surface area contributed by atoms with Crippen LogP contribution in [0, 0.1) is 20.8 Å². The van der Waals surface area contributed by atoms with Crippen molar-refractivity contribution in [3.05, 3.63) is 65.4 Å². The average molecular weight is 305 g/mol. The van der Waals surface area contributed by atoms with Crippen molar-refractivity contribution in [3.8, 4) is 0 Å². The molecule has 0 aliphatic rings. The molecule has 5 heteroatoms. The zero-order valence-corrected chi connectivity index (χ0v) is 13.5. The van der Waals surface area contributed by atoms with Crippen molar-refractivity contribution in [1.82, 2.24) is 15.2 Å². The van der Waals surface area contributed by atoms with Gasteiger partial charge in [-0.15, -0.1) is 5.10 Å². The minimum Gasteiger partial charge on any atom is -0.339 e. The van der Waals surface area contributed by atoms with Gasteiger partial charge in [0.05, 0.1) is 6.20 Å². The third-order valence-electron chi connectivity index (χ3n) is 3.51. The van der Waals surface area contributed by atoms with Crippen molar-refractivity contribution in [2.75, 3.05) is 10.6 Å². The predicted octanol–water partition coefficient (Wildman–Crippen LogP) is 4.28. The Morgan fingerprint density at radius 3 is 2.30 bits per heavy atom. The molecular weight excluding hydrogens is 286 g/mol. The fraction of sp³-hybridized carbons (Fsp3) is 0.167. The highest BCUT2D eigenvalue weighted by Gasteiger charge is 2.04. The maximum Gasteiger partial charge on any atom is 0.249 e. The van der Waals surface area contributed by atoms with Gasteiger partial charge in [0.15, 0.2) is 5.82 Å². The number of benzene rings is 2. The van der Waals surface area contributed by atoms with Crippen LogP contribution < -0.4 is 10.6 Å². The standard InChI is InChI=1S/C18H19N5/c1-12-4-7-15(8-5-12)20-17-11-19-23-18(22-17)21-16-9-6-13(2)10-14(16)3/h4-11H,1-3H3,(H2,20,21,22,23). The molecule has 0 aliphatic carbocycles. The van der Waals surface area contributed by atoms with Crippen LogP contribution in [0.4, 0.5) is 23.1 Å². The molecule has 116 valence electrons. The number of nitrogens with one attached hydrogen (secondary N) is 2. The second-order valence-corrected chi connectivity index (χ2v) is 5.60. The molecule has 0 bridgehead atoms. The first-order valence-corrected chi connectivity index (χ1v) is 7.48. The Morgan fingerprint density at radius 2 is 1.57 bits per heavy atom. The lowest BCUT2D eigenvalue weighted by Gasteiger charge is -2.10. The molecule has 0 radical (unpaired) electrons. The van der Waals surface area contributed by atoms with Crippen LogP contribution in [0.5, 0.6) is 0 Å². The van der Waals surface area contributed by atoms with Crippen molar-refractivity contribution in [2.24, 2.45) is 0 Å². The van der Waals surface area contributed by atoms with Gasteiger partial charge in [0, 0.05) is 11.4 Å². The van der Waals surface area contributed by atoms with Crippen LogP contribution in [-0.2, 0) is 0 Å². The van der Waals surface area contributed by atoms with Gasteiger partial charge in [-0.2, -0.15) is 10.1 Å². The average Bonchev–Trinajstić information content (AvgIpc) is 2.53. The summed E-state index contributed by atoms with van der Waals surface area (Å²) in [5.74, 6) is 1.12. The highest BCUT2D eigenvalue weighted by Crippen LogP contribution is 2.20. The molecule has 0 atom stereocenters. The van der Waals surface area contributed by atoms with Crippen LogP contribution in [0.3, 0.4) is 0 Å². The van der Waals surface area contributed by atoms with Crippen LogP contribution >= 0.6 is 0 Å². The number of rotatable bonds is 4. The summed E-state index contributed by atoms with van der Waals surface area (Å²) in [6.45, 7) is 6.18. The molecule has 0 fully saturated rings. The SMILES string of the molecule is Cc1ccc(Nc2cnnc(Nc3ccc(C)cc3C)n2)cc1. The molecular formula is C18H19N5. The first-order valence-electron chi connectivity index (χ1n) is 7.48. The Balaban J connectivity index is 1.78. The lowest BCUT2D eigenvalue weighted by molar-refractivity contribution is 0.981. The Bertz CT molecular complexity index is 812. The molecule has 2 N–H and O–H groups in total. The monoisotopic (exact) mass is 305 g/mol. The van der Waals surface area contributed by atoms with Gasteiger partial charge in [-0.1, -0.05) is 35.4 Å². The Hall–Kier alpha value is -2.95. The second kappa shape index (κ2) is 6.44. The summed E-state index contributed by atoms with van der Waals surface area (Å²) in [4.78, 5) is 4.45. The van der Waals surface area contributed by atoms with Crippen LogP contribution in [0.25, 0.3) is 0 Å². The van der Waals surface area contributed by atoms with Gasteiger partial charge in [0.2, 0.25) is 5.95 Å². The topological polar surface area (TPSA) is 62.7 Å². The van der Waals surface area contributed by atoms with E-state index in [4.69, 9.17) is 0 Å². The smallest absolute Gasteiger partial charge is 0.249 e. The minimum absolute atomic E-state index is 0.467. The van der Waals surface area contributed by atoms with Crippen molar-refractivity contribution in [2.45, 2.75) is 20.8 Å². The number of anilines is 4. The van der Waals surface area contributed by atoms with Gasteiger partial charge in [-0.25, -0.2) is 0 Å². The van der Waals surface area contributed by atoms with E-state index in [-0.39, 0.29) is 0 Å². The molecule has 0 saturated carbocycles. The summed E-state index contributed by atoms with van der Waals surface area (Å²) in [7, 11) is 0. The first kappa shape index (κ1) is 15.0. The molecule has 0 amide bonds. The molecule has 3 aromatic rings. The van der Waals surface area contributed by atoms with E-state index >= 15 is 0 Å². The van der Waals surface area contributed by atoms with E-state index in [0.717, 1.165) is 16.9 Å². The first-order chi connectivity index (χ1) is 11.1. The molecule has 5 nitrogen and oxygen atoms in total. The number of hydrogen-bond donors (Lipinski definition) is 2. The molecule has 2 aromatic carbocycles. The van der Waals surface area contributed by atoms with Crippen LogP contribution in [0.15, 0.2) is 48.7 Å². The van der Waals surface area contributed by atoms with Crippen molar-refractivity contribution < 1.29 is 0 Å². The maximum absolute atomic E-state index is 4.45. The quantitative estimate of drug-likeness (QED) is 0.753. The lowest BCUT2D eigenvalue weighted by atomic mass is 10.1. The van der Waals surface area contributed by atoms with Gasteiger partial charge >= 0.3 is 0 Å². The zero-order valence-electron chi connectivity index (χ0n) is 13.5. The Morgan fingerprint density at radius 1 is 0.826 bits per heavy atom. The van der Waals surface area contributed by atoms with Crippen molar-refractivity contribution in [3.63, 3.8) is 0 Å². The lowest BCUT2D eigenvalue weighted by Crippen LogP contribution is -2.03. The van der Waals surface area contributed by atoms with Crippen molar-refractivity contribution >= 4 is 23.1 Å². The van der Waals surface area contributed by atoms with Gasteiger partial charge in [0.1, 0.15) is 0 Å². The van der Waals surface area contributed by atoms with E-state index in [9.17, 15) is 0 Å². The predicted molar refractivity (Wildman–Crippen MR) is 93.5 cm³/mol. The summed E-state index contributed by atoms with van der Waals surface area (Å²) in [6.07, 6.45) is 1.60. The van der Waals surface area contributed by atoms with Crippen LogP contribution in [0.1, 0.15) is 16.7 Å². The normalized spacial score (nSPS) is 10.4. The highest BCUT2D eigenvalue weighted by molar-refractivity contribution is 5.61. The largest absolute Gasteiger partial charge is 0.339 e. The molecule has 0 unspecified atom stereocenters. The van der Waals surface area contributed by atoms with Crippen molar-refractivity contribution in [1.29, 1.82) is 0 Å². The number of aromatic nitrogens is 3. The van der Waals surface area contributed by atoms with Gasteiger partial charge in [-0.3, -0.25) is 0 Å². The molecule has 0 saturated heterocycles. The Labute approximate surface area is 135 Å². The summed E-state index contributed by atoms with van der Waals surface area (Å²) in [6, 6.07) is 14.3. The number of nitrogens with zero attached hydrogens (tertiary/aromatic N) is 3. The van der Waals surface area contributed by atoms with Crippen LogP contribution in [0.2, 0.25) is 0 Å². The van der Waals surface area contributed by atoms with Crippen LogP contribution in [-0.4, -0.2) is 15.2 Å². The van der Waals surface area contributed by atoms with Gasteiger partial charge in [0.25, 0.3) is 0 Å². The van der Waals surface area contributed by atoms with E-state index in [1.165, 1.54) is 11.1 Å². The molecule has 3 rings (SSSR count). The summed E-state index contributed by atoms with van der Waals surface area (Å²) in [5, 5.41) is 14.5. The second-order valence-electron chi connectivity index (χ2n) is 5.60. The number of aryl methyl sites for hydroxylation is 3. The molecule has 1 aromatic heterocycles. The maximum atomic E-state index is 4.45. The summed E-state index contributed by atoms with van der Waals surface area (Å²) < 4.78 is 0. The third kappa shape index (κ3) is 3.83. The fourth-order valence-corrected chi connectivity index (χ4v) is 2.28. The summed E-state index contributed by atoms with van der Waals surface area (Å²) >= 11 is 0. The minimum atomic E-state index is 0.467. The molecule has 1 heterocycles. The molecule has 0 spiro atoms. The van der Waals surface area contributed by atoms with Gasteiger partial charge in [-0.05, 0) is 44.5 Å². The molecule has 23 heavy (non-hydrogen) atoms. The van der Waals surface area contributed by atoms with E-state index in [1.54, 1.807) is 6.20 Å². The zero-order chi connectivity index (χ0) is 16.2. The van der Waals surface area contributed by atoms with E-state index in [2.05, 4.69) is 58.7 Å². The summed E-state index contributed by atoms with van der Waals surface area (Å²) in [5.41, 5.74) is 5.53. The van der Waals surface area contributed by atoms with E-state index in [0.29, 0.717) is 11.8 Å². The molecule has 0 aliphatic heterocycles. The van der Waals surface area contributed by atoms with Gasteiger partial charge < -0.3 is 10.6 Å². The Kier molecular flexibility index (Phi) is 4.19. The van der Waals surface area contributed by atoms with E-state index < -0.39 is 0 Å². The van der Waals surface area contributed by atoms with E-state index in [1.807, 2.05) is 30.3 Å². The number of hydrogen-bond acceptors (Lipinski definition) is 5. The third-order valence-corrected chi connectivity index (χ3v) is 3.51. The highest BCUT2D eigenvalue weighted by atomic mass is 15.3.